The molecule has 1 fully saturated rings. The van der Waals surface area contributed by atoms with E-state index in [1.54, 1.807) is 4.57 Å². The van der Waals surface area contributed by atoms with Gasteiger partial charge >= 0.3 is 5.69 Å². The fourth-order valence-electron chi connectivity index (χ4n) is 3.44. The average molecular weight is 365 g/mol. The van der Waals surface area contributed by atoms with Crippen LogP contribution >= 0.6 is 15.9 Å². The molecule has 0 aliphatic heterocycles. The van der Waals surface area contributed by atoms with Crippen LogP contribution in [0.1, 0.15) is 38.5 Å². The Morgan fingerprint density at radius 2 is 2.09 bits per heavy atom. The van der Waals surface area contributed by atoms with Crippen molar-refractivity contribution in [1.29, 1.82) is 0 Å². The molecule has 0 bridgehead atoms. The lowest BCUT2D eigenvalue weighted by molar-refractivity contribution is 0.323. The first kappa shape index (κ1) is 13.9. The number of aryl methyl sites for hydroxylation is 1. The number of nitrogens with one attached hydrogen (secondary N) is 1. The van der Waals surface area contributed by atoms with Crippen molar-refractivity contribution in [1.82, 2.24) is 29.1 Å². The largest absolute Gasteiger partial charge is 0.336 e. The molecule has 1 N–H and O–H groups in total. The molecule has 4 rings (SSSR count). The Morgan fingerprint density at radius 1 is 1.27 bits per heavy atom. The van der Waals surface area contributed by atoms with Gasteiger partial charge in [0, 0.05) is 6.54 Å². The first-order valence-electron chi connectivity index (χ1n) is 7.72. The van der Waals surface area contributed by atoms with Crippen LogP contribution in [-0.4, -0.2) is 29.1 Å². The van der Waals surface area contributed by atoms with Crippen molar-refractivity contribution in [3.8, 4) is 0 Å². The van der Waals surface area contributed by atoms with Crippen LogP contribution in [0.3, 0.4) is 0 Å². The van der Waals surface area contributed by atoms with Gasteiger partial charge < -0.3 is 4.98 Å². The Hall–Kier alpha value is -1.70. The maximum atomic E-state index is 12.7. The van der Waals surface area contributed by atoms with Crippen molar-refractivity contribution in [3.63, 3.8) is 0 Å². The Kier molecular flexibility index (Phi) is 3.48. The molecule has 1 aliphatic carbocycles. The van der Waals surface area contributed by atoms with E-state index in [1.807, 2.05) is 0 Å². The van der Waals surface area contributed by atoms with Gasteiger partial charge in [-0.3, -0.25) is 4.57 Å². The highest BCUT2D eigenvalue weighted by Gasteiger charge is 2.18. The van der Waals surface area contributed by atoms with Gasteiger partial charge in [-0.1, -0.05) is 32.1 Å². The minimum atomic E-state index is -0.123. The third kappa shape index (κ3) is 2.25. The zero-order valence-electron chi connectivity index (χ0n) is 12.1. The van der Waals surface area contributed by atoms with Gasteiger partial charge in [0.25, 0.3) is 0 Å². The number of fused-ring (bicyclic) bond motifs is 3. The summed E-state index contributed by atoms with van der Waals surface area (Å²) in [7, 11) is 0. The molecule has 0 spiro atoms. The molecule has 0 saturated heterocycles. The second-order valence-electron chi connectivity index (χ2n) is 5.98. The number of imidazole rings is 1. The Labute approximate surface area is 134 Å². The third-order valence-corrected chi connectivity index (χ3v) is 4.98. The number of aromatic nitrogens is 6. The summed E-state index contributed by atoms with van der Waals surface area (Å²) in [6.07, 6.45) is 9.00. The summed E-state index contributed by atoms with van der Waals surface area (Å²) in [6.45, 7) is 0.686. The molecule has 0 unspecified atom stereocenters. The highest BCUT2D eigenvalue weighted by molar-refractivity contribution is 9.10. The summed E-state index contributed by atoms with van der Waals surface area (Å²) in [5, 5.41) is 7.87. The van der Waals surface area contributed by atoms with E-state index in [0.717, 1.165) is 17.9 Å². The van der Waals surface area contributed by atoms with Gasteiger partial charge in [0.15, 0.2) is 16.0 Å². The number of hydrogen-bond acceptors (Lipinski definition) is 4. The SMILES string of the molecule is O=c1n(CCC2CCCCC2)c2nc(Br)[nH]c2c2nncn12. The Balaban J connectivity index is 1.77. The molecule has 7 nitrogen and oxygen atoms in total. The molecule has 1 aliphatic rings. The van der Waals surface area contributed by atoms with Gasteiger partial charge in [0.1, 0.15) is 11.8 Å². The summed E-state index contributed by atoms with van der Waals surface area (Å²) >= 11 is 3.35. The normalized spacial score (nSPS) is 16.8. The molecule has 8 heteroatoms. The van der Waals surface area contributed by atoms with Gasteiger partial charge in [0.2, 0.25) is 0 Å². The van der Waals surface area contributed by atoms with Crippen LogP contribution in [0, 0.1) is 5.92 Å². The molecule has 0 atom stereocenters. The standard InChI is InChI=1S/C14H17BrN6O/c15-13-17-10-11(18-13)20(7-6-9-4-2-1-3-5-9)14(22)21-8-16-19-12(10)21/h8-9H,1-7H2,(H,17,18). The number of rotatable bonds is 3. The summed E-state index contributed by atoms with van der Waals surface area (Å²) in [5.74, 6) is 0.717. The summed E-state index contributed by atoms with van der Waals surface area (Å²) in [4.78, 5) is 20.2. The van der Waals surface area contributed by atoms with Crippen LogP contribution in [-0.2, 0) is 6.54 Å². The molecule has 3 aromatic heterocycles. The zero-order valence-corrected chi connectivity index (χ0v) is 13.7. The first-order chi connectivity index (χ1) is 10.7. The first-order valence-corrected chi connectivity index (χ1v) is 8.51. The lowest BCUT2D eigenvalue weighted by Gasteiger charge is -2.21. The highest BCUT2D eigenvalue weighted by Crippen LogP contribution is 2.27. The summed E-state index contributed by atoms with van der Waals surface area (Å²) < 4.78 is 3.82. The maximum absolute atomic E-state index is 12.7. The van der Waals surface area contributed by atoms with Gasteiger partial charge in [-0.05, 0) is 28.3 Å². The molecule has 3 heterocycles. The molecular weight excluding hydrogens is 348 g/mol. The molecule has 22 heavy (non-hydrogen) atoms. The number of aromatic amines is 1. The Bertz CT molecular complexity index is 873. The number of H-pyrrole nitrogens is 1. The minimum Gasteiger partial charge on any atom is -0.328 e. The molecule has 116 valence electrons. The van der Waals surface area contributed by atoms with Crippen molar-refractivity contribution in [2.75, 3.05) is 0 Å². The predicted octanol–water partition coefficient (Wildman–Crippen LogP) is 2.50. The van der Waals surface area contributed by atoms with E-state index in [9.17, 15) is 4.79 Å². The number of halogens is 1. The van der Waals surface area contributed by atoms with Crippen molar-refractivity contribution in [2.45, 2.75) is 45.1 Å². The van der Waals surface area contributed by atoms with Gasteiger partial charge in [-0.25, -0.2) is 14.2 Å². The molecule has 3 aromatic rings. The van der Waals surface area contributed by atoms with Crippen molar-refractivity contribution < 1.29 is 0 Å². The maximum Gasteiger partial charge on any atom is 0.336 e. The van der Waals surface area contributed by atoms with Gasteiger partial charge in [-0.15, -0.1) is 10.2 Å². The van der Waals surface area contributed by atoms with E-state index in [1.165, 1.54) is 42.8 Å². The lowest BCUT2D eigenvalue weighted by Crippen LogP contribution is -2.28. The van der Waals surface area contributed by atoms with Crippen LogP contribution in [0.2, 0.25) is 0 Å². The predicted molar refractivity (Wildman–Crippen MR) is 85.8 cm³/mol. The third-order valence-electron chi connectivity index (χ3n) is 4.61. The fourth-order valence-corrected chi connectivity index (χ4v) is 3.81. The fraction of sp³-hybridized carbons (Fsp3) is 0.571. The highest BCUT2D eigenvalue weighted by atomic mass is 79.9. The van der Waals surface area contributed by atoms with E-state index < -0.39 is 0 Å². The van der Waals surface area contributed by atoms with Crippen molar-refractivity contribution in [2.24, 2.45) is 5.92 Å². The van der Waals surface area contributed by atoms with Crippen molar-refractivity contribution in [3.05, 3.63) is 21.5 Å². The van der Waals surface area contributed by atoms with E-state index in [2.05, 4.69) is 36.1 Å². The van der Waals surface area contributed by atoms with Crippen LogP contribution in [0.4, 0.5) is 0 Å². The van der Waals surface area contributed by atoms with E-state index in [0.29, 0.717) is 22.6 Å². The van der Waals surface area contributed by atoms with Gasteiger partial charge in [-0.2, -0.15) is 0 Å². The molecule has 0 aromatic carbocycles. The average Bonchev–Trinajstić information content (AvgIpc) is 3.14. The molecule has 0 radical (unpaired) electrons. The number of hydrogen-bond donors (Lipinski definition) is 1. The van der Waals surface area contributed by atoms with Crippen LogP contribution in [0.15, 0.2) is 15.9 Å². The summed E-state index contributed by atoms with van der Waals surface area (Å²) in [6, 6.07) is 0. The molecule has 0 amide bonds. The minimum absolute atomic E-state index is 0.123. The van der Waals surface area contributed by atoms with Gasteiger partial charge in [0.05, 0.1) is 0 Å². The van der Waals surface area contributed by atoms with E-state index in [-0.39, 0.29) is 5.69 Å². The van der Waals surface area contributed by atoms with Crippen LogP contribution in [0.5, 0.6) is 0 Å². The Morgan fingerprint density at radius 3 is 2.91 bits per heavy atom. The van der Waals surface area contributed by atoms with Crippen LogP contribution in [0.25, 0.3) is 16.8 Å². The lowest BCUT2D eigenvalue weighted by atomic mass is 9.87. The van der Waals surface area contributed by atoms with Crippen LogP contribution < -0.4 is 5.69 Å². The number of nitrogens with zero attached hydrogens (tertiary/aromatic N) is 5. The molecular formula is C14H17BrN6O. The molecule has 1 saturated carbocycles. The zero-order chi connectivity index (χ0) is 15.1. The monoisotopic (exact) mass is 364 g/mol. The second kappa shape index (κ2) is 5.49. The van der Waals surface area contributed by atoms with E-state index >= 15 is 0 Å². The second-order valence-corrected chi connectivity index (χ2v) is 6.73. The quantitative estimate of drug-likeness (QED) is 0.724. The topological polar surface area (TPSA) is 80.9 Å². The van der Waals surface area contributed by atoms with Crippen molar-refractivity contribution >= 4 is 32.7 Å². The smallest absolute Gasteiger partial charge is 0.328 e. The summed E-state index contributed by atoms with van der Waals surface area (Å²) in [5.41, 5.74) is 1.79. The van der Waals surface area contributed by atoms with E-state index in [4.69, 9.17) is 0 Å².